The Morgan fingerprint density at radius 1 is 1.53 bits per heavy atom. The third-order valence-electron chi connectivity index (χ3n) is 3.34. The van der Waals surface area contributed by atoms with Crippen LogP contribution in [0.15, 0.2) is 24.3 Å². The van der Waals surface area contributed by atoms with Crippen molar-refractivity contribution < 1.29 is 9.53 Å². The van der Waals surface area contributed by atoms with Crippen LogP contribution in [0.25, 0.3) is 0 Å². The maximum absolute atomic E-state index is 11.8. The fourth-order valence-corrected chi connectivity index (χ4v) is 2.34. The van der Waals surface area contributed by atoms with Crippen molar-refractivity contribution in [3.8, 4) is 5.75 Å². The Bertz CT molecular complexity index is 414. The van der Waals surface area contributed by atoms with Gasteiger partial charge in [-0.15, -0.1) is 0 Å². The molecule has 4 heteroatoms. The molecule has 0 aliphatic carbocycles. The molecule has 1 amide bonds. The van der Waals surface area contributed by atoms with Crippen LogP contribution < -0.4 is 15.4 Å². The molecule has 1 atom stereocenters. The first kappa shape index (κ1) is 13.9. The number of benzene rings is 1. The normalized spacial score (nSPS) is 18.3. The highest BCUT2D eigenvalue weighted by molar-refractivity contribution is 5.76. The van der Waals surface area contributed by atoms with Crippen molar-refractivity contribution >= 4 is 5.91 Å². The Morgan fingerprint density at radius 3 is 3.16 bits per heavy atom. The van der Waals surface area contributed by atoms with Crippen LogP contribution in [0.2, 0.25) is 0 Å². The van der Waals surface area contributed by atoms with Crippen molar-refractivity contribution in [3.63, 3.8) is 0 Å². The highest BCUT2D eigenvalue weighted by atomic mass is 16.5. The molecule has 1 aromatic rings. The standard InChI is InChI=1S/C15H22N2O2/c1-2-19-14-5-3-4-12(8-14)11-17-15(18)9-13-6-7-16-10-13/h3-5,8,13,16H,2,6-7,9-11H2,1H3,(H,17,18). The largest absolute Gasteiger partial charge is 0.494 e. The van der Waals surface area contributed by atoms with Gasteiger partial charge in [0.1, 0.15) is 5.75 Å². The molecule has 0 aromatic heterocycles. The van der Waals surface area contributed by atoms with Crippen LogP contribution in [0.3, 0.4) is 0 Å². The lowest BCUT2D eigenvalue weighted by Gasteiger charge is -2.10. The average molecular weight is 262 g/mol. The van der Waals surface area contributed by atoms with Crippen molar-refractivity contribution in [3.05, 3.63) is 29.8 Å². The van der Waals surface area contributed by atoms with E-state index in [1.807, 2.05) is 31.2 Å². The van der Waals surface area contributed by atoms with Gasteiger partial charge in [0, 0.05) is 13.0 Å². The number of nitrogens with one attached hydrogen (secondary N) is 2. The minimum absolute atomic E-state index is 0.135. The molecule has 1 aliphatic heterocycles. The molecule has 1 aromatic carbocycles. The van der Waals surface area contributed by atoms with Crippen LogP contribution in [0, 0.1) is 5.92 Å². The summed E-state index contributed by atoms with van der Waals surface area (Å²) in [4.78, 5) is 11.8. The van der Waals surface area contributed by atoms with Crippen LogP contribution in [0.1, 0.15) is 25.3 Å². The number of hydrogen-bond acceptors (Lipinski definition) is 3. The molecule has 0 spiro atoms. The van der Waals surface area contributed by atoms with E-state index in [9.17, 15) is 4.79 Å². The lowest BCUT2D eigenvalue weighted by Crippen LogP contribution is -2.25. The van der Waals surface area contributed by atoms with E-state index in [2.05, 4.69) is 10.6 Å². The van der Waals surface area contributed by atoms with Crippen LogP contribution in [-0.2, 0) is 11.3 Å². The minimum atomic E-state index is 0.135. The van der Waals surface area contributed by atoms with Crippen molar-refractivity contribution in [1.29, 1.82) is 0 Å². The number of rotatable bonds is 6. The smallest absolute Gasteiger partial charge is 0.220 e. The molecular weight excluding hydrogens is 240 g/mol. The summed E-state index contributed by atoms with van der Waals surface area (Å²) in [5.41, 5.74) is 1.07. The summed E-state index contributed by atoms with van der Waals surface area (Å²) in [6.45, 7) is 5.19. The monoisotopic (exact) mass is 262 g/mol. The molecule has 1 saturated heterocycles. The van der Waals surface area contributed by atoms with E-state index in [0.29, 0.717) is 25.5 Å². The lowest BCUT2D eigenvalue weighted by atomic mass is 10.0. The summed E-state index contributed by atoms with van der Waals surface area (Å²) < 4.78 is 5.44. The first-order valence-electron chi connectivity index (χ1n) is 6.97. The molecule has 19 heavy (non-hydrogen) atoms. The van der Waals surface area contributed by atoms with Crippen molar-refractivity contribution in [2.24, 2.45) is 5.92 Å². The molecule has 1 fully saturated rings. The van der Waals surface area contributed by atoms with Gasteiger partial charge in [-0.3, -0.25) is 4.79 Å². The van der Waals surface area contributed by atoms with Crippen molar-refractivity contribution in [1.82, 2.24) is 10.6 Å². The third kappa shape index (κ3) is 4.56. The van der Waals surface area contributed by atoms with Crippen molar-refractivity contribution in [2.45, 2.75) is 26.3 Å². The fourth-order valence-electron chi connectivity index (χ4n) is 2.34. The van der Waals surface area contributed by atoms with E-state index < -0.39 is 0 Å². The number of ether oxygens (including phenoxy) is 1. The molecule has 0 bridgehead atoms. The van der Waals surface area contributed by atoms with E-state index in [0.717, 1.165) is 30.8 Å². The molecule has 0 radical (unpaired) electrons. The van der Waals surface area contributed by atoms with E-state index in [1.165, 1.54) is 0 Å². The summed E-state index contributed by atoms with van der Waals surface area (Å²) in [6, 6.07) is 7.85. The van der Waals surface area contributed by atoms with Crippen molar-refractivity contribution in [2.75, 3.05) is 19.7 Å². The predicted molar refractivity (Wildman–Crippen MR) is 75.1 cm³/mol. The Balaban J connectivity index is 1.77. The topological polar surface area (TPSA) is 50.4 Å². The summed E-state index contributed by atoms with van der Waals surface area (Å²) in [5.74, 6) is 1.49. The number of hydrogen-bond donors (Lipinski definition) is 2. The fraction of sp³-hybridized carbons (Fsp3) is 0.533. The minimum Gasteiger partial charge on any atom is -0.494 e. The molecular formula is C15H22N2O2. The van der Waals surface area contributed by atoms with E-state index in [1.54, 1.807) is 0 Å². The Labute approximate surface area is 114 Å². The molecule has 4 nitrogen and oxygen atoms in total. The van der Waals surface area contributed by atoms with E-state index in [4.69, 9.17) is 4.74 Å². The van der Waals surface area contributed by atoms with Gasteiger partial charge >= 0.3 is 0 Å². The van der Waals surface area contributed by atoms with Gasteiger partial charge < -0.3 is 15.4 Å². The molecule has 104 valence electrons. The average Bonchev–Trinajstić information content (AvgIpc) is 2.90. The van der Waals surface area contributed by atoms with Crippen LogP contribution >= 0.6 is 0 Å². The van der Waals surface area contributed by atoms with Crippen LogP contribution in [0.4, 0.5) is 0 Å². The Morgan fingerprint density at radius 2 is 2.42 bits per heavy atom. The molecule has 2 N–H and O–H groups in total. The zero-order valence-corrected chi connectivity index (χ0v) is 11.4. The predicted octanol–water partition coefficient (Wildman–Crippen LogP) is 1.70. The maximum Gasteiger partial charge on any atom is 0.220 e. The first-order chi connectivity index (χ1) is 9.28. The Kier molecular flexibility index (Phi) is 5.21. The quantitative estimate of drug-likeness (QED) is 0.820. The van der Waals surface area contributed by atoms with Gasteiger partial charge in [-0.05, 0) is 50.0 Å². The molecule has 2 rings (SSSR count). The zero-order valence-electron chi connectivity index (χ0n) is 11.4. The third-order valence-corrected chi connectivity index (χ3v) is 3.34. The second-order valence-corrected chi connectivity index (χ2v) is 4.92. The van der Waals surface area contributed by atoms with Gasteiger partial charge in [0.05, 0.1) is 6.61 Å². The Hall–Kier alpha value is -1.55. The van der Waals surface area contributed by atoms with Gasteiger partial charge in [-0.25, -0.2) is 0 Å². The van der Waals surface area contributed by atoms with E-state index >= 15 is 0 Å². The highest BCUT2D eigenvalue weighted by Crippen LogP contribution is 2.14. The van der Waals surface area contributed by atoms with Gasteiger partial charge in [-0.1, -0.05) is 12.1 Å². The number of carbonyl (C=O) groups is 1. The van der Waals surface area contributed by atoms with Gasteiger partial charge in [0.2, 0.25) is 5.91 Å². The van der Waals surface area contributed by atoms with Gasteiger partial charge in [0.25, 0.3) is 0 Å². The maximum atomic E-state index is 11.8. The molecule has 1 aliphatic rings. The molecule has 1 heterocycles. The zero-order chi connectivity index (χ0) is 13.5. The summed E-state index contributed by atoms with van der Waals surface area (Å²) in [7, 11) is 0. The van der Waals surface area contributed by atoms with Crippen LogP contribution in [-0.4, -0.2) is 25.6 Å². The second kappa shape index (κ2) is 7.14. The highest BCUT2D eigenvalue weighted by Gasteiger charge is 2.17. The second-order valence-electron chi connectivity index (χ2n) is 4.92. The van der Waals surface area contributed by atoms with Gasteiger partial charge in [-0.2, -0.15) is 0 Å². The first-order valence-corrected chi connectivity index (χ1v) is 6.97. The SMILES string of the molecule is CCOc1cccc(CNC(=O)CC2CCNC2)c1. The van der Waals surface area contributed by atoms with Gasteiger partial charge in [0.15, 0.2) is 0 Å². The molecule has 1 unspecified atom stereocenters. The summed E-state index contributed by atoms with van der Waals surface area (Å²) in [5, 5.41) is 6.25. The number of amides is 1. The number of carbonyl (C=O) groups excluding carboxylic acids is 1. The van der Waals surface area contributed by atoms with E-state index in [-0.39, 0.29) is 5.91 Å². The lowest BCUT2D eigenvalue weighted by molar-refractivity contribution is -0.122. The summed E-state index contributed by atoms with van der Waals surface area (Å²) in [6.07, 6.45) is 1.73. The summed E-state index contributed by atoms with van der Waals surface area (Å²) >= 11 is 0. The van der Waals surface area contributed by atoms with Crippen LogP contribution in [0.5, 0.6) is 5.75 Å². The molecule has 0 saturated carbocycles.